The number of rotatable bonds is 5. The number of hydrogen-bond acceptors (Lipinski definition) is 4. The van der Waals surface area contributed by atoms with E-state index in [9.17, 15) is 15.0 Å². The fourth-order valence-corrected chi connectivity index (χ4v) is 1.71. The number of aldehydes is 1. The maximum atomic E-state index is 10.5. The summed E-state index contributed by atoms with van der Waals surface area (Å²) in [6.45, 7) is 0.276. The molecule has 4 heteroatoms. The van der Waals surface area contributed by atoms with Gasteiger partial charge in [0.1, 0.15) is 12.9 Å². The van der Waals surface area contributed by atoms with Gasteiger partial charge in [-0.3, -0.25) is 0 Å². The van der Waals surface area contributed by atoms with Crippen LogP contribution < -0.4 is 4.74 Å². The fraction of sp³-hybridized carbons (Fsp3) is 0.133. The van der Waals surface area contributed by atoms with Crippen molar-refractivity contribution in [2.75, 3.05) is 0 Å². The van der Waals surface area contributed by atoms with Crippen LogP contribution in [0.2, 0.25) is 0 Å². The van der Waals surface area contributed by atoms with Crippen molar-refractivity contribution in [2.45, 2.75) is 13.0 Å². The second-order valence-electron chi connectivity index (χ2n) is 4.11. The highest BCUT2D eigenvalue weighted by Gasteiger charge is 2.10. The molecule has 0 aliphatic carbocycles. The van der Waals surface area contributed by atoms with Gasteiger partial charge in [-0.2, -0.15) is 0 Å². The average molecular weight is 258 g/mol. The van der Waals surface area contributed by atoms with E-state index in [0.717, 1.165) is 11.8 Å². The third-order valence-electron chi connectivity index (χ3n) is 2.67. The molecular formula is C15H14O4. The van der Waals surface area contributed by atoms with Gasteiger partial charge in [-0.05, 0) is 23.3 Å². The lowest BCUT2D eigenvalue weighted by atomic mass is 10.1. The summed E-state index contributed by atoms with van der Waals surface area (Å²) >= 11 is 0. The monoisotopic (exact) mass is 258 g/mol. The van der Waals surface area contributed by atoms with E-state index in [4.69, 9.17) is 4.74 Å². The summed E-state index contributed by atoms with van der Waals surface area (Å²) < 4.78 is 5.46. The molecule has 4 nitrogen and oxygen atoms in total. The van der Waals surface area contributed by atoms with Crippen LogP contribution in [0.25, 0.3) is 0 Å². The fourth-order valence-electron chi connectivity index (χ4n) is 1.71. The van der Waals surface area contributed by atoms with E-state index in [1.165, 1.54) is 6.07 Å². The summed E-state index contributed by atoms with van der Waals surface area (Å²) in [6.07, 6.45) is 0.891. The van der Waals surface area contributed by atoms with Gasteiger partial charge >= 0.3 is 0 Å². The minimum absolute atomic E-state index is 0.162. The lowest BCUT2D eigenvalue weighted by Crippen LogP contribution is -1.97. The van der Waals surface area contributed by atoms with E-state index < -0.39 is 0 Å². The number of ether oxygens (including phenoxy) is 1. The molecule has 0 heterocycles. The Hall–Kier alpha value is -2.49. The van der Waals surface area contributed by atoms with Crippen molar-refractivity contribution < 1.29 is 19.7 Å². The third kappa shape index (κ3) is 3.25. The largest absolute Gasteiger partial charge is 0.504 e. The molecule has 2 aromatic carbocycles. The summed E-state index contributed by atoms with van der Waals surface area (Å²) in [4.78, 5) is 10.5. The Bertz CT molecular complexity index is 564. The number of benzene rings is 2. The first-order chi connectivity index (χ1) is 9.20. The van der Waals surface area contributed by atoms with E-state index in [0.29, 0.717) is 5.56 Å². The lowest BCUT2D eigenvalue weighted by Gasteiger charge is -2.10. The minimum atomic E-state index is -0.314. The van der Waals surface area contributed by atoms with Crippen LogP contribution >= 0.6 is 0 Å². The van der Waals surface area contributed by atoms with Crippen molar-refractivity contribution in [3.8, 4) is 17.2 Å². The first-order valence-corrected chi connectivity index (χ1v) is 5.86. The van der Waals surface area contributed by atoms with Gasteiger partial charge in [-0.25, -0.2) is 0 Å². The molecule has 0 unspecified atom stereocenters. The predicted octanol–water partition coefficient (Wildman–Crippen LogP) is 2.42. The smallest absolute Gasteiger partial charge is 0.200 e. The molecule has 0 spiro atoms. The van der Waals surface area contributed by atoms with Crippen LogP contribution in [-0.4, -0.2) is 16.5 Å². The summed E-state index contributed by atoms with van der Waals surface area (Å²) in [5.41, 5.74) is 1.54. The van der Waals surface area contributed by atoms with Crippen molar-refractivity contribution in [3.63, 3.8) is 0 Å². The SMILES string of the molecule is O=CCc1cc(O)c(O)c(OCc2ccccc2)c1. The van der Waals surface area contributed by atoms with Gasteiger partial charge in [0.2, 0.25) is 5.75 Å². The van der Waals surface area contributed by atoms with Gasteiger partial charge in [0.05, 0.1) is 0 Å². The van der Waals surface area contributed by atoms with Gasteiger partial charge in [0.15, 0.2) is 11.5 Å². The molecule has 0 saturated heterocycles. The maximum Gasteiger partial charge on any atom is 0.200 e. The molecule has 0 amide bonds. The van der Waals surface area contributed by atoms with Gasteiger partial charge in [-0.1, -0.05) is 30.3 Å². The maximum absolute atomic E-state index is 10.5. The normalized spacial score (nSPS) is 10.1. The summed E-state index contributed by atoms with van der Waals surface area (Å²) in [7, 11) is 0. The lowest BCUT2D eigenvalue weighted by molar-refractivity contribution is -0.107. The Morgan fingerprint density at radius 1 is 1.05 bits per heavy atom. The van der Waals surface area contributed by atoms with Gasteiger partial charge in [0.25, 0.3) is 0 Å². The van der Waals surface area contributed by atoms with Crippen molar-refractivity contribution in [2.24, 2.45) is 0 Å². The highest BCUT2D eigenvalue weighted by molar-refractivity contribution is 5.59. The zero-order chi connectivity index (χ0) is 13.7. The molecule has 0 radical (unpaired) electrons. The van der Waals surface area contributed by atoms with Gasteiger partial charge in [-0.15, -0.1) is 0 Å². The highest BCUT2D eigenvalue weighted by Crippen LogP contribution is 2.36. The Morgan fingerprint density at radius 2 is 1.79 bits per heavy atom. The van der Waals surface area contributed by atoms with Crippen molar-refractivity contribution in [3.05, 3.63) is 53.6 Å². The second-order valence-corrected chi connectivity index (χ2v) is 4.11. The van der Waals surface area contributed by atoms with Crippen LogP contribution in [0.1, 0.15) is 11.1 Å². The number of phenols is 2. The first-order valence-electron chi connectivity index (χ1n) is 5.86. The Balaban J connectivity index is 2.17. The van der Waals surface area contributed by atoms with Crippen LogP contribution in [0.3, 0.4) is 0 Å². The highest BCUT2D eigenvalue weighted by atomic mass is 16.5. The van der Waals surface area contributed by atoms with Crippen molar-refractivity contribution >= 4 is 6.29 Å². The number of carbonyl (C=O) groups is 1. The summed E-state index contributed by atoms with van der Waals surface area (Å²) in [5, 5.41) is 19.3. The Kier molecular flexibility index (Phi) is 4.03. The molecule has 98 valence electrons. The molecular weight excluding hydrogens is 244 g/mol. The Labute approximate surface area is 110 Å². The van der Waals surface area contributed by atoms with E-state index in [-0.39, 0.29) is 30.3 Å². The zero-order valence-electron chi connectivity index (χ0n) is 10.2. The van der Waals surface area contributed by atoms with Crippen LogP contribution in [0.5, 0.6) is 17.2 Å². The zero-order valence-corrected chi connectivity index (χ0v) is 10.2. The molecule has 2 N–H and O–H groups in total. The Morgan fingerprint density at radius 3 is 2.47 bits per heavy atom. The molecule has 2 aromatic rings. The van der Waals surface area contributed by atoms with Crippen LogP contribution in [-0.2, 0) is 17.8 Å². The topological polar surface area (TPSA) is 66.8 Å². The molecule has 0 saturated carbocycles. The van der Waals surface area contributed by atoms with Crippen molar-refractivity contribution in [1.82, 2.24) is 0 Å². The van der Waals surface area contributed by atoms with E-state index in [2.05, 4.69) is 0 Å². The van der Waals surface area contributed by atoms with Crippen LogP contribution in [0, 0.1) is 0 Å². The molecule has 19 heavy (non-hydrogen) atoms. The van der Waals surface area contributed by atoms with E-state index in [1.807, 2.05) is 30.3 Å². The minimum Gasteiger partial charge on any atom is -0.504 e. The average Bonchev–Trinajstić information content (AvgIpc) is 2.42. The quantitative estimate of drug-likeness (QED) is 0.638. The summed E-state index contributed by atoms with van der Waals surface area (Å²) in [6, 6.07) is 12.4. The second kappa shape index (κ2) is 5.91. The molecule has 0 aromatic heterocycles. The standard InChI is InChI=1S/C15H14O4/c16-7-6-12-8-13(17)15(18)14(9-12)19-10-11-4-2-1-3-5-11/h1-5,7-9,17-18H,6,10H2. The number of hydrogen-bond donors (Lipinski definition) is 2. The van der Waals surface area contributed by atoms with Crippen LogP contribution in [0.15, 0.2) is 42.5 Å². The number of aromatic hydroxyl groups is 2. The van der Waals surface area contributed by atoms with E-state index >= 15 is 0 Å². The molecule has 2 rings (SSSR count). The third-order valence-corrected chi connectivity index (χ3v) is 2.67. The molecule has 0 aliphatic heterocycles. The molecule has 0 aliphatic rings. The van der Waals surface area contributed by atoms with Gasteiger partial charge in [0, 0.05) is 6.42 Å². The first kappa shape index (κ1) is 13.0. The van der Waals surface area contributed by atoms with E-state index in [1.54, 1.807) is 6.07 Å². The molecule has 0 bridgehead atoms. The molecule has 0 atom stereocenters. The molecule has 0 fully saturated rings. The summed E-state index contributed by atoms with van der Waals surface area (Å²) in [5.74, 6) is -0.436. The van der Waals surface area contributed by atoms with Crippen LogP contribution in [0.4, 0.5) is 0 Å². The van der Waals surface area contributed by atoms with Crippen molar-refractivity contribution in [1.29, 1.82) is 0 Å². The van der Waals surface area contributed by atoms with Gasteiger partial charge < -0.3 is 19.7 Å². The number of carbonyl (C=O) groups excluding carboxylic acids is 1. The predicted molar refractivity (Wildman–Crippen MR) is 70.3 cm³/mol. The number of phenolic OH excluding ortho intramolecular Hbond substituents is 2.